The van der Waals surface area contributed by atoms with Gasteiger partial charge in [-0.15, -0.1) is 0 Å². The van der Waals surface area contributed by atoms with E-state index in [4.69, 9.17) is 4.74 Å². The number of aromatic nitrogens is 1. The Labute approximate surface area is 119 Å². The molecule has 1 aromatic heterocycles. The van der Waals surface area contributed by atoms with Crippen LogP contribution in [0.3, 0.4) is 0 Å². The number of fused-ring (bicyclic) bond motifs is 1. The van der Waals surface area contributed by atoms with Crippen molar-refractivity contribution in [1.29, 1.82) is 0 Å². The lowest BCUT2D eigenvalue weighted by molar-refractivity contribution is 0.326. The van der Waals surface area contributed by atoms with Crippen LogP contribution in [0.5, 0.6) is 5.75 Å². The molecule has 1 heterocycles. The van der Waals surface area contributed by atoms with Crippen LogP contribution in [0.4, 0.5) is 0 Å². The topological polar surface area (TPSA) is 22.1 Å². The van der Waals surface area contributed by atoms with E-state index in [1.807, 2.05) is 24.4 Å². The number of hydrogen-bond acceptors (Lipinski definition) is 2. The predicted molar refractivity (Wildman–Crippen MR) is 82.1 cm³/mol. The molecular weight excluding hydrogens is 246 g/mol. The summed E-state index contributed by atoms with van der Waals surface area (Å²) in [6.07, 6.45) is 4.58. The Morgan fingerprint density at radius 1 is 1.05 bits per heavy atom. The Morgan fingerprint density at radius 3 is 2.85 bits per heavy atom. The minimum Gasteiger partial charge on any atom is -0.493 e. The van der Waals surface area contributed by atoms with Crippen LogP contribution in [0.25, 0.3) is 10.8 Å². The van der Waals surface area contributed by atoms with Crippen molar-refractivity contribution >= 4 is 10.8 Å². The SMILES string of the molecule is Cc1cccc(CCOc2cccc3cnccc23)c1. The first-order chi connectivity index (χ1) is 9.83. The van der Waals surface area contributed by atoms with Gasteiger partial charge in [0.25, 0.3) is 0 Å². The van der Waals surface area contributed by atoms with Crippen molar-refractivity contribution in [3.8, 4) is 5.75 Å². The van der Waals surface area contributed by atoms with Gasteiger partial charge < -0.3 is 4.74 Å². The van der Waals surface area contributed by atoms with Gasteiger partial charge in [-0.1, -0.05) is 42.0 Å². The molecule has 0 spiro atoms. The van der Waals surface area contributed by atoms with Gasteiger partial charge >= 0.3 is 0 Å². The number of rotatable bonds is 4. The van der Waals surface area contributed by atoms with Crippen LogP contribution in [-0.2, 0) is 6.42 Å². The number of benzene rings is 2. The van der Waals surface area contributed by atoms with Gasteiger partial charge in [0.2, 0.25) is 0 Å². The molecule has 0 aliphatic heterocycles. The quantitative estimate of drug-likeness (QED) is 0.705. The average Bonchev–Trinajstić information content (AvgIpc) is 2.48. The van der Waals surface area contributed by atoms with Crippen molar-refractivity contribution in [1.82, 2.24) is 4.98 Å². The molecule has 0 fully saturated rings. The fourth-order valence-electron chi connectivity index (χ4n) is 2.37. The fraction of sp³-hybridized carbons (Fsp3) is 0.167. The summed E-state index contributed by atoms with van der Waals surface area (Å²) in [6.45, 7) is 2.80. The van der Waals surface area contributed by atoms with E-state index >= 15 is 0 Å². The highest BCUT2D eigenvalue weighted by atomic mass is 16.5. The van der Waals surface area contributed by atoms with Crippen LogP contribution < -0.4 is 4.74 Å². The highest BCUT2D eigenvalue weighted by molar-refractivity contribution is 5.87. The van der Waals surface area contributed by atoms with E-state index in [0.717, 1.165) is 22.9 Å². The maximum absolute atomic E-state index is 5.94. The molecule has 0 bridgehead atoms. The molecule has 100 valence electrons. The minimum atomic E-state index is 0.685. The first-order valence-electron chi connectivity index (χ1n) is 6.84. The number of aryl methyl sites for hydroxylation is 1. The van der Waals surface area contributed by atoms with Gasteiger partial charge in [0.1, 0.15) is 5.75 Å². The Hall–Kier alpha value is -2.35. The van der Waals surface area contributed by atoms with E-state index in [9.17, 15) is 0 Å². The third kappa shape index (κ3) is 2.80. The summed E-state index contributed by atoms with van der Waals surface area (Å²) in [5, 5.41) is 2.23. The summed E-state index contributed by atoms with van der Waals surface area (Å²) in [7, 11) is 0. The molecular formula is C18H17NO. The second-order valence-electron chi connectivity index (χ2n) is 4.94. The van der Waals surface area contributed by atoms with E-state index < -0.39 is 0 Å². The Balaban J connectivity index is 1.71. The highest BCUT2D eigenvalue weighted by Gasteiger charge is 2.01. The van der Waals surface area contributed by atoms with Gasteiger partial charge in [-0.05, 0) is 24.6 Å². The van der Waals surface area contributed by atoms with Crippen LogP contribution in [0.2, 0.25) is 0 Å². The Kier molecular flexibility index (Phi) is 3.64. The molecule has 20 heavy (non-hydrogen) atoms. The molecule has 0 N–H and O–H groups in total. The summed E-state index contributed by atoms with van der Waals surface area (Å²) < 4.78 is 5.94. The van der Waals surface area contributed by atoms with Crippen molar-refractivity contribution < 1.29 is 4.74 Å². The van der Waals surface area contributed by atoms with Gasteiger partial charge in [0, 0.05) is 29.6 Å². The van der Waals surface area contributed by atoms with Crippen molar-refractivity contribution in [2.75, 3.05) is 6.61 Å². The van der Waals surface area contributed by atoms with E-state index in [1.165, 1.54) is 11.1 Å². The number of pyridine rings is 1. The van der Waals surface area contributed by atoms with Gasteiger partial charge in [-0.25, -0.2) is 0 Å². The molecule has 0 aliphatic carbocycles. The van der Waals surface area contributed by atoms with Crippen LogP contribution >= 0.6 is 0 Å². The lowest BCUT2D eigenvalue weighted by Gasteiger charge is -2.09. The van der Waals surface area contributed by atoms with Crippen molar-refractivity contribution in [2.24, 2.45) is 0 Å². The standard InChI is InChI=1S/C18H17NO/c1-14-4-2-5-15(12-14)9-11-20-18-7-3-6-16-13-19-10-8-17(16)18/h2-8,10,12-13H,9,11H2,1H3. The molecule has 0 saturated heterocycles. The molecule has 3 aromatic rings. The lowest BCUT2D eigenvalue weighted by atomic mass is 10.1. The second kappa shape index (κ2) is 5.74. The van der Waals surface area contributed by atoms with E-state index in [1.54, 1.807) is 6.20 Å². The Bertz CT molecular complexity index is 716. The van der Waals surface area contributed by atoms with Gasteiger partial charge in [0.15, 0.2) is 0 Å². The van der Waals surface area contributed by atoms with Crippen LogP contribution in [0, 0.1) is 6.92 Å². The Morgan fingerprint density at radius 2 is 1.95 bits per heavy atom. The van der Waals surface area contributed by atoms with Crippen molar-refractivity contribution in [2.45, 2.75) is 13.3 Å². The molecule has 0 aliphatic rings. The van der Waals surface area contributed by atoms with E-state index in [0.29, 0.717) is 6.61 Å². The van der Waals surface area contributed by atoms with Crippen LogP contribution in [-0.4, -0.2) is 11.6 Å². The molecule has 3 rings (SSSR count). The minimum absolute atomic E-state index is 0.685. The average molecular weight is 263 g/mol. The zero-order chi connectivity index (χ0) is 13.8. The molecule has 2 heteroatoms. The third-order valence-electron chi connectivity index (χ3n) is 3.37. The molecule has 2 aromatic carbocycles. The molecule has 2 nitrogen and oxygen atoms in total. The summed E-state index contributed by atoms with van der Waals surface area (Å²) in [4.78, 5) is 4.14. The van der Waals surface area contributed by atoms with Gasteiger partial charge in [0.05, 0.1) is 6.61 Å². The van der Waals surface area contributed by atoms with Crippen molar-refractivity contribution in [3.05, 3.63) is 72.1 Å². The zero-order valence-corrected chi connectivity index (χ0v) is 11.5. The van der Waals surface area contributed by atoms with Crippen LogP contribution in [0.1, 0.15) is 11.1 Å². The maximum Gasteiger partial charge on any atom is 0.127 e. The molecule has 0 radical (unpaired) electrons. The lowest BCUT2D eigenvalue weighted by Crippen LogP contribution is -2.01. The number of ether oxygens (including phenoxy) is 1. The number of nitrogens with zero attached hydrogens (tertiary/aromatic N) is 1. The molecule has 0 atom stereocenters. The monoisotopic (exact) mass is 263 g/mol. The predicted octanol–water partition coefficient (Wildman–Crippen LogP) is 4.16. The van der Waals surface area contributed by atoms with E-state index in [2.05, 4.69) is 42.2 Å². The van der Waals surface area contributed by atoms with E-state index in [-0.39, 0.29) is 0 Å². The fourth-order valence-corrected chi connectivity index (χ4v) is 2.37. The zero-order valence-electron chi connectivity index (χ0n) is 11.5. The first-order valence-corrected chi connectivity index (χ1v) is 6.84. The second-order valence-corrected chi connectivity index (χ2v) is 4.94. The molecule has 0 amide bonds. The summed E-state index contributed by atoms with van der Waals surface area (Å²) in [5.74, 6) is 0.928. The van der Waals surface area contributed by atoms with Crippen LogP contribution in [0.15, 0.2) is 60.9 Å². The third-order valence-corrected chi connectivity index (χ3v) is 3.37. The summed E-state index contributed by atoms with van der Waals surface area (Å²) in [5.41, 5.74) is 2.60. The largest absolute Gasteiger partial charge is 0.493 e. The van der Waals surface area contributed by atoms with Crippen molar-refractivity contribution in [3.63, 3.8) is 0 Å². The maximum atomic E-state index is 5.94. The number of hydrogen-bond donors (Lipinski definition) is 0. The van der Waals surface area contributed by atoms with Gasteiger partial charge in [-0.2, -0.15) is 0 Å². The first kappa shape index (κ1) is 12.7. The summed E-state index contributed by atoms with van der Waals surface area (Å²) >= 11 is 0. The molecule has 0 unspecified atom stereocenters. The normalized spacial score (nSPS) is 10.7. The smallest absolute Gasteiger partial charge is 0.127 e. The summed E-state index contributed by atoms with van der Waals surface area (Å²) in [6, 6.07) is 16.6. The highest BCUT2D eigenvalue weighted by Crippen LogP contribution is 2.24. The van der Waals surface area contributed by atoms with Gasteiger partial charge in [-0.3, -0.25) is 4.98 Å². The molecule has 0 saturated carbocycles.